The van der Waals surface area contributed by atoms with E-state index in [4.69, 9.17) is 0 Å². The van der Waals surface area contributed by atoms with Crippen molar-refractivity contribution in [1.29, 1.82) is 0 Å². The topological polar surface area (TPSA) is 60.7 Å². The molecule has 4 saturated carbocycles. The summed E-state index contributed by atoms with van der Waals surface area (Å²) in [5.41, 5.74) is -1.71. The standard InChI is InChI=1S/C31H45F3O3/c1-19(26(35)17-27(36)20-7-5-4-6-8-20)23-11-12-24-22-10-9-21-18-30(37,31(32,33)34)16-15-28(21,2)25(22)13-14-29(23,24)3/h4-8,19,21-27,35-37H,9-18H2,1-3H3/t19-,21+,22+,23+,24+,25+,26+,27-,28+,29-,30+/m1/s1. The number of fused-ring (bicyclic) bond motifs is 5. The summed E-state index contributed by atoms with van der Waals surface area (Å²) in [5.74, 6) is 1.85. The molecule has 0 saturated heterocycles. The number of halogens is 3. The maximum atomic E-state index is 13.6. The number of benzene rings is 1. The van der Waals surface area contributed by atoms with Gasteiger partial charge in [0.1, 0.15) is 0 Å². The fourth-order valence-corrected chi connectivity index (χ4v) is 9.93. The van der Waals surface area contributed by atoms with Crippen LogP contribution in [-0.4, -0.2) is 33.2 Å². The van der Waals surface area contributed by atoms with E-state index in [1.54, 1.807) is 0 Å². The van der Waals surface area contributed by atoms with E-state index in [2.05, 4.69) is 20.8 Å². The van der Waals surface area contributed by atoms with Gasteiger partial charge in [0.2, 0.25) is 0 Å². The Labute approximate surface area is 219 Å². The zero-order valence-electron chi connectivity index (χ0n) is 22.6. The van der Waals surface area contributed by atoms with Crippen molar-refractivity contribution in [3.63, 3.8) is 0 Å². The van der Waals surface area contributed by atoms with Crippen molar-refractivity contribution in [3.05, 3.63) is 35.9 Å². The molecule has 4 aliphatic rings. The second kappa shape index (κ2) is 9.52. The number of rotatable bonds is 5. The Morgan fingerprint density at radius 2 is 1.57 bits per heavy atom. The Morgan fingerprint density at radius 3 is 2.24 bits per heavy atom. The van der Waals surface area contributed by atoms with Crippen LogP contribution in [0.2, 0.25) is 0 Å². The first kappa shape index (κ1) is 27.5. The van der Waals surface area contributed by atoms with E-state index >= 15 is 0 Å². The molecule has 0 aromatic heterocycles. The third kappa shape index (κ3) is 4.47. The molecule has 0 bridgehead atoms. The van der Waals surface area contributed by atoms with Gasteiger partial charge in [-0.05, 0) is 110 Å². The number of aliphatic hydroxyl groups is 3. The highest BCUT2D eigenvalue weighted by atomic mass is 19.4. The Balaban J connectivity index is 1.28. The van der Waals surface area contributed by atoms with Crippen LogP contribution in [-0.2, 0) is 0 Å². The molecule has 0 amide bonds. The first-order valence-corrected chi connectivity index (χ1v) is 14.5. The summed E-state index contributed by atoms with van der Waals surface area (Å²) in [6.07, 6.45) is 0.629. The first-order chi connectivity index (χ1) is 17.3. The van der Waals surface area contributed by atoms with Crippen molar-refractivity contribution >= 4 is 0 Å². The fourth-order valence-electron chi connectivity index (χ4n) is 9.93. The summed E-state index contributed by atoms with van der Waals surface area (Å²) < 4.78 is 40.9. The van der Waals surface area contributed by atoms with Gasteiger partial charge in [0.25, 0.3) is 0 Å². The molecule has 11 atom stereocenters. The maximum Gasteiger partial charge on any atom is 0.417 e. The molecular formula is C31H45F3O3. The van der Waals surface area contributed by atoms with Gasteiger partial charge in [0.05, 0.1) is 12.2 Å². The molecule has 3 nitrogen and oxygen atoms in total. The fraction of sp³-hybridized carbons (Fsp3) is 0.806. The molecule has 0 heterocycles. The smallest absolute Gasteiger partial charge is 0.393 e. The zero-order valence-corrected chi connectivity index (χ0v) is 22.6. The van der Waals surface area contributed by atoms with Crippen molar-refractivity contribution in [2.45, 2.75) is 109 Å². The Kier molecular flexibility index (Phi) is 7.06. The monoisotopic (exact) mass is 522 g/mol. The lowest BCUT2D eigenvalue weighted by Crippen LogP contribution is -2.59. The van der Waals surface area contributed by atoms with Crippen LogP contribution in [0, 0.1) is 46.3 Å². The summed E-state index contributed by atoms with van der Waals surface area (Å²) in [6, 6.07) is 9.52. The minimum absolute atomic E-state index is 0.0732. The Bertz CT molecular complexity index is 953. The lowest BCUT2D eigenvalue weighted by Gasteiger charge is -2.62. The summed E-state index contributed by atoms with van der Waals surface area (Å²) in [4.78, 5) is 0. The lowest BCUT2D eigenvalue weighted by molar-refractivity contribution is -0.290. The van der Waals surface area contributed by atoms with Crippen LogP contribution >= 0.6 is 0 Å². The van der Waals surface area contributed by atoms with Crippen molar-refractivity contribution in [1.82, 2.24) is 0 Å². The van der Waals surface area contributed by atoms with Gasteiger partial charge in [-0.2, -0.15) is 13.2 Å². The summed E-state index contributed by atoms with van der Waals surface area (Å²) in [7, 11) is 0. The Morgan fingerprint density at radius 1 is 0.892 bits per heavy atom. The highest BCUT2D eigenvalue weighted by Crippen LogP contribution is 2.69. The molecule has 4 fully saturated rings. The van der Waals surface area contributed by atoms with E-state index in [-0.39, 0.29) is 35.5 Å². The molecule has 5 rings (SSSR count). The summed E-state index contributed by atoms with van der Waals surface area (Å²) in [6.45, 7) is 6.76. The predicted octanol–water partition coefficient (Wildman–Crippen LogP) is 7.06. The second-order valence-electron chi connectivity index (χ2n) is 13.7. The van der Waals surface area contributed by atoms with Gasteiger partial charge in [0.15, 0.2) is 5.60 Å². The third-order valence-electron chi connectivity index (χ3n) is 12.2. The molecule has 0 unspecified atom stereocenters. The minimum Gasteiger partial charge on any atom is -0.393 e. The summed E-state index contributed by atoms with van der Waals surface area (Å²) in [5, 5.41) is 32.4. The number of alkyl halides is 3. The molecule has 1 aromatic carbocycles. The van der Waals surface area contributed by atoms with Crippen LogP contribution < -0.4 is 0 Å². The molecular weight excluding hydrogens is 477 g/mol. The largest absolute Gasteiger partial charge is 0.417 e. The number of hydrogen-bond acceptors (Lipinski definition) is 3. The van der Waals surface area contributed by atoms with E-state index < -0.39 is 24.0 Å². The molecule has 0 spiro atoms. The normalized spacial score (nSPS) is 44.3. The van der Waals surface area contributed by atoms with Crippen LogP contribution in [0.25, 0.3) is 0 Å². The molecule has 6 heteroatoms. The highest BCUT2D eigenvalue weighted by Gasteiger charge is 2.65. The van der Waals surface area contributed by atoms with Gasteiger partial charge in [-0.3, -0.25) is 0 Å². The van der Waals surface area contributed by atoms with Crippen molar-refractivity contribution in [2.75, 3.05) is 0 Å². The van der Waals surface area contributed by atoms with Gasteiger partial charge in [0, 0.05) is 6.42 Å². The number of aliphatic hydroxyl groups excluding tert-OH is 2. The van der Waals surface area contributed by atoms with Crippen molar-refractivity contribution in [2.24, 2.45) is 46.3 Å². The minimum atomic E-state index is -4.56. The third-order valence-corrected chi connectivity index (χ3v) is 12.2. The van der Waals surface area contributed by atoms with Crippen LogP contribution in [0.1, 0.15) is 96.6 Å². The zero-order chi connectivity index (χ0) is 26.8. The van der Waals surface area contributed by atoms with Gasteiger partial charge < -0.3 is 15.3 Å². The van der Waals surface area contributed by atoms with E-state index in [9.17, 15) is 28.5 Å². The molecule has 3 N–H and O–H groups in total. The Hall–Kier alpha value is -1.11. The molecule has 0 radical (unpaired) electrons. The highest BCUT2D eigenvalue weighted by molar-refractivity contribution is 5.18. The van der Waals surface area contributed by atoms with Crippen LogP contribution in [0.15, 0.2) is 30.3 Å². The van der Waals surface area contributed by atoms with Gasteiger partial charge in [-0.25, -0.2) is 0 Å². The quantitative estimate of drug-likeness (QED) is 0.388. The van der Waals surface area contributed by atoms with Gasteiger partial charge in [-0.1, -0.05) is 51.1 Å². The van der Waals surface area contributed by atoms with Crippen LogP contribution in [0.4, 0.5) is 13.2 Å². The lowest BCUT2D eigenvalue weighted by atomic mass is 9.43. The first-order valence-electron chi connectivity index (χ1n) is 14.5. The van der Waals surface area contributed by atoms with E-state index in [1.165, 1.54) is 0 Å². The van der Waals surface area contributed by atoms with E-state index in [0.717, 1.165) is 44.1 Å². The molecule has 1 aromatic rings. The van der Waals surface area contributed by atoms with Gasteiger partial charge in [-0.15, -0.1) is 0 Å². The molecule has 4 aliphatic carbocycles. The van der Waals surface area contributed by atoms with Crippen LogP contribution in [0.5, 0.6) is 0 Å². The van der Waals surface area contributed by atoms with E-state index in [1.807, 2.05) is 30.3 Å². The maximum absolute atomic E-state index is 13.6. The molecule has 208 valence electrons. The second-order valence-corrected chi connectivity index (χ2v) is 13.7. The average molecular weight is 523 g/mol. The number of hydrogen-bond donors (Lipinski definition) is 3. The predicted molar refractivity (Wildman–Crippen MR) is 137 cm³/mol. The molecule has 37 heavy (non-hydrogen) atoms. The van der Waals surface area contributed by atoms with E-state index in [0.29, 0.717) is 36.5 Å². The van der Waals surface area contributed by atoms with Crippen LogP contribution in [0.3, 0.4) is 0 Å². The summed E-state index contributed by atoms with van der Waals surface area (Å²) >= 11 is 0. The van der Waals surface area contributed by atoms with Crippen molar-refractivity contribution < 1.29 is 28.5 Å². The SMILES string of the molecule is C[C@@H]([C@@H](O)C[C@@H](O)c1ccccc1)[C@@H]1CC[C@H]2[C@@H]3CC[C@H]4C[C@](O)(C(F)(F)F)CC[C@]4(C)[C@H]3CC[C@]12C. The molecule has 0 aliphatic heterocycles. The van der Waals surface area contributed by atoms with Gasteiger partial charge >= 0.3 is 6.18 Å². The average Bonchev–Trinajstić information content (AvgIpc) is 3.21. The van der Waals surface area contributed by atoms with Crippen molar-refractivity contribution in [3.8, 4) is 0 Å².